The first-order valence-corrected chi connectivity index (χ1v) is 4.71. The highest BCUT2D eigenvalue weighted by molar-refractivity contribution is 5.55. The Morgan fingerprint density at radius 3 is 2.93 bits per heavy atom. The summed E-state index contributed by atoms with van der Waals surface area (Å²) in [6, 6.07) is 5.87. The van der Waals surface area contributed by atoms with Crippen LogP contribution < -0.4 is 5.32 Å². The van der Waals surface area contributed by atoms with Crippen LogP contribution in [-0.4, -0.2) is 6.47 Å². The lowest BCUT2D eigenvalue weighted by atomic mass is 10.1. The number of anilines is 1. The molecule has 0 aliphatic heterocycles. The third-order valence-corrected chi connectivity index (χ3v) is 1.97. The van der Waals surface area contributed by atoms with E-state index in [4.69, 9.17) is 0 Å². The highest BCUT2D eigenvalue weighted by Crippen LogP contribution is 2.18. The van der Waals surface area contributed by atoms with Gasteiger partial charge in [0.25, 0.3) is 6.47 Å². The average Bonchev–Trinajstić information content (AvgIpc) is 2.18. The fourth-order valence-corrected chi connectivity index (χ4v) is 1.25. The Labute approximate surface area is 89.8 Å². The van der Waals surface area contributed by atoms with Gasteiger partial charge in [-0.25, -0.2) is 0 Å². The summed E-state index contributed by atoms with van der Waals surface area (Å²) >= 11 is 0. The quantitative estimate of drug-likeness (QED) is 0.751. The van der Waals surface area contributed by atoms with Crippen molar-refractivity contribution >= 4 is 12.2 Å². The van der Waals surface area contributed by atoms with Crippen LogP contribution in [0, 0.1) is 6.92 Å². The second kappa shape index (κ2) is 5.20. The van der Waals surface area contributed by atoms with Crippen LogP contribution in [0.15, 0.2) is 30.5 Å². The van der Waals surface area contributed by atoms with Crippen LogP contribution in [0.1, 0.15) is 18.1 Å². The van der Waals surface area contributed by atoms with Gasteiger partial charge in [0.1, 0.15) is 6.61 Å². The fourth-order valence-electron chi connectivity index (χ4n) is 1.25. The maximum atomic E-state index is 10.1. The number of nitrogens with one attached hydrogen (secondary N) is 1. The van der Waals surface area contributed by atoms with Crippen molar-refractivity contribution in [3.8, 4) is 0 Å². The van der Waals surface area contributed by atoms with Crippen LogP contribution in [-0.2, 0) is 16.1 Å². The Hall–Kier alpha value is -1.77. The Morgan fingerprint density at radius 1 is 1.60 bits per heavy atom. The van der Waals surface area contributed by atoms with Crippen LogP contribution in [0.2, 0.25) is 0 Å². The largest absolute Gasteiger partial charge is 0.463 e. The van der Waals surface area contributed by atoms with Gasteiger partial charge in [0, 0.05) is 11.4 Å². The predicted molar refractivity (Wildman–Crippen MR) is 60.5 cm³/mol. The maximum Gasteiger partial charge on any atom is 0.293 e. The third kappa shape index (κ3) is 3.46. The number of allylic oxidation sites excluding steroid dienone is 1. The van der Waals surface area contributed by atoms with Crippen molar-refractivity contribution < 1.29 is 9.53 Å². The van der Waals surface area contributed by atoms with E-state index in [1.54, 1.807) is 0 Å². The summed E-state index contributed by atoms with van der Waals surface area (Å²) in [6.07, 6.45) is 0. The molecule has 0 aliphatic rings. The number of carbonyl (C=O) groups excluding carboxylic acids is 1. The normalized spacial score (nSPS) is 9.47. The topological polar surface area (TPSA) is 38.3 Å². The maximum absolute atomic E-state index is 10.1. The van der Waals surface area contributed by atoms with Gasteiger partial charge < -0.3 is 10.1 Å². The van der Waals surface area contributed by atoms with Gasteiger partial charge in [-0.1, -0.05) is 18.7 Å². The van der Waals surface area contributed by atoms with Crippen LogP contribution >= 0.6 is 0 Å². The van der Waals surface area contributed by atoms with Crippen molar-refractivity contribution in [1.82, 2.24) is 0 Å². The summed E-state index contributed by atoms with van der Waals surface area (Å²) in [5.74, 6) is 0. The number of hydrogen-bond acceptors (Lipinski definition) is 3. The number of carbonyl (C=O) groups is 1. The standard InChI is InChI=1S/C12H15NO2/c1-9(2)13-12-6-11(7-15-8-14)5-4-10(12)3/h4-6,8,13H,1,7H2,2-3H3. The van der Waals surface area contributed by atoms with E-state index in [0.29, 0.717) is 13.1 Å². The molecule has 3 nitrogen and oxygen atoms in total. The molecule has 0 atom stereocenters. The molecule has 0 saturated heterocycles. The molecular formula is C12H15NO2. The van der Waals surface area contributed by atoms with Crippen molar-refractivity contribution in [3.63, 3.8) is 0 Å². The van der Waals surface area contributed by atoms with Crippen molar-refractivity contribution in [2.24, 2.45) is 0 Å². The van der Waals surface area contributed by atoms with Gasteiger partial charge in [-0.05, 0) is 31.0 Å². The summed E-state index contributed by atoms with van der Waals surface area (Å²) in [5, 5.41) is 3.15. The fraction of sp³-hybridized carbons (Fsp3) is 0.250. The zero-order valence-corrected chi connectivity index (χ0v) is 9.04. The number of hydrogen-bond donors (Lipinski definition) is 1. The van der Waals surface area contributed by atoms with Crippen LogP contribution in [0.5, 0.6) is 0 Å². The molecule has 0 saturated carbocycles. The van der Waals surface area contributed by atoms with Crippen molar-refractivity contribution in [2.45, 2.75) is 20.5 Å². The van der Waals surface area contributed by atoms with E-state index in [-0.39, 0.29) is 0 Å². The Kier molecular flexibility index (Phi) is 3.92. The van der Waals surface area contributed by atoms with Crippen LogP contribution in [0.4, 0.5) is 5.69 Å². The summed E-state index contributed by atoms with van der Waals surface area (Å²) < 4.78 is 4.69. The molecule has 0 bridgehead atoms. The Bertz CT molecular complexity index is 372. The highest BCUT2D eigenvalue weighted by Gasteiger charge is 2.00. The average molecular weight is 205 g/mol. The monoisotopic (exact) mass is 205 g/mol. The van der Waals surface area contributed by atoms with E-state index in [1.165, 1.54) is 0 Å². The molecule has 0 unspecified atom stereocenters. The zero-order chi connectivity index (χ0) is 11.3. The van der Waals surface area contributed by atoms with Gasteiger partial charge >= 0.3 is 0 Å². The van der Waals surface area contributed by atoms with E-state index in [1.807, 2.05) is 32.0 Å². The van der Waals surface area contributed by atoms with E-state index in [9.17, 15) is 4.79 Å². The van der Waals surface area contributed by atoms with Crippen LogP contribution in [0.3, 0.4) is 0 Å². The smallest absolute Gasteiger partial charge is 0.293 e. The molecule has 0 spiro atoms. The van der Waals surface area contributed by atoms with Gasteiger partial charge in [-0.15, -0.1) is 0 Å². The number of aryl methyl sites for hydroxylation is 1. The number of rotatable bonds is 5. The molecule has 0 fully saturated rings. The van der Waals surface area contributed by atoms with Crippen LogP contribution in [0.25, 0.3) is 0 Å². The summed E-state index contributed by atoms with van der Waals surface area (Å²) in [4.78, 5) is 10.1. The minimum atomic E-state index is 0.300. The lowest BCUT2D eigenvalue weighted by Gasteiger charge is -2.10. The Morgan fingerprint density at radius 2 is 2.33 bits per heavy atom. The van der Waals surface area contributed by atoms with Gasteiger partial charge in [0.2, 0.25) is 0 Å². The summed E-state index contributed by atoms with van der Waals surface area (Å²) in [6.45, 7) is 8.44. The summed E-state index contributed by atoms with van der Waals surface area (Å²) in [5.41, 5.74) is 3.96. The Balaban J connectivity index is 2.84. The van der Waals surface area contributed by atoms with Gasteiger partial charge in [0.05, 0.1) is 0 Å². The first kappa shape index (κ1) is 11.3. The first-order chi connectivity index (χ1) is 7.13. The zero-order valence-electron chi connectivity index (χ0n) is 9.04. The molecule has 1 rings (SSSR count). The second-order valence-electron chi connectivity index (χ2n) is 3.46. The van der Waals surface area contributed by atoms with Gasteiger partial charge in [0.15, 0.2) is 0 Å². The molecule has 1 aromatic carbocycles. The molecule has 0 heterocycles. The molecule has 0 aliphatic carbocycles. The lowest BCUT2D eigenvalue weighted by molar-refractivity contribution is -0.129. The molecule has 0 aromatic heterocycles. The summed E-state index contributed by atoms with van der Waals surface area (Å²) in [7, 11) is 0. The third-order valence-electron chi connectivity index (χ3n) is 1.97. The van der Waals surface area contributed by atoms with E-state index < -0.39 is 0 Å². The molecule has 80 valence electrons. The first-order valence-electron chi connectivity index (χ1n) is 4.71. The lowest BCUT2D eigenvalue weighted by Crippen LogP contribution is -1.98. The molecule has 3 heteroatoms. The second-order valence-corrected chi connectivity index (χ2v) is 3.46. The minimum Gasteiger partial charge on any atom is -0.463 e. The van der Waals surface area contributed by atoms with Crippen molar-refractivity contribution in [1.29, 1.82) is 0 Å². The van der Waals surface area contributed by atoms with E-state index in [2.05, 4.69) is 16.6 Å². The molecule has 0 amide bonds. The minimum absolute atomic E-state index is 0.300. The molecule has 0 radical (unpaired) electrons. The molecule has 15 heavy (non-hydrogen) atoms. The van der Waals surface area contributed by atoms with Crippen molar-refractivity contribution in [3.05, 3.63) is 41.6 Å². The SMILES string of the molecule is C=C(C)Nc1cc(COC=O)ccc1C. The number of ether oxygens (including phenoxy) is 1. The molecule has 1 N–H and O–H groups in total. The van der Waals surface area contributed by atoms with Gasteiger partial charge in [-0.3, -0.25) is 4.79 Å². The molecular weight excluding hydrogens is 190 g/mol. The van der Waals surface area contributed by atoms with Gasteiger partial charge in [-0.2, -0.15) is 0 Å². The predicted octanol–water partition coefficient (Wildman–Crippen LogP) is 2.61. The number of benzene rings is 1. The highest BCUT2D eigenvalue weighted by atomic mass is 16.5. The van der Waals surface area contributed by atoms with E-state index in [0.717, 1.165) is 22.5 Å². The van der Waals surface area contributed by atoms with E-state index >= 15 is 0 Å². The molecule has 1 aromatic rings. The van der Waals surface area contributed by atoms with Crippen molar-refractivity contribution in [2.75, 3.05) is 5.32 Å².